The van der Waals surface area contributed by atoms with Crippen LogP contribution in [0.25, 0.3) is 23.3 Å². The molecule has 2 amide bonds. The van der Waals surface area contributed by atoms with E-state index >= 15 is 0 Å². The number of rotatable bonds is 5. The van der Waals surface area contributed by atoms with Gasteiger partial charge < -0.3 is 22.9 Å². The van der Waals surface area contributed by atoms with Crippen molar-refractivity contribution in [3.8, 4) is 11.1 Å². The monoisotopic (exact) mass is 404 g/mol. The molecule has 0 atom stereocenters. The topological polar surface area (TPSA) is 163 Å². The molecule has 8 heteroatoms. The van der Waals surface area contributed by atoms with Gasteiger partial charge in [0.15, 0.2) is 11.9 Å². The lowest BCUT2D eigenvalue weighted by Crippen LogP contribution is -2.24. The molecule has 30 heavy (non-hydrogen) atoms. The third-order valence-electron chi connectivity index (χ3n) is 4.09. The summed E-state index contributed by atoms with van der Waals surface area (Å²) in [5.41, 5.74) is 25.2. The summed E-state index contributed by atoms with van der Waals surface area (Å²) in [5.74, 6) is -1.62. The van der Waals surface area contributed by atoms with Crippen LogP contribution in [0.2, 0.25) is 0 Å². The number of hydrogen-bond acceptors (Lipinski definition) is 2. The van der Waals surface area contributed by atoms with Crippen LogP contribution >= 0.6 is 0 Å². The normalized spacial score (nSPS) is 11.5. The van der Waals surface area contributed by atoms with Crippen molar-refractivity contribution < 1.29 is 9.59 Å². The highest BCUT2D eigenvalue weighted by Gasteiger charge is 2.11. The first-order chi connectivity index (χ1) is 14.2. The summed E-state index contributed by atoms with van der Waals surface area (Å²) in [5, 5.41) is 0. The smallest absolute Gasteiger partial charge is 0.275 e. The first-order valence-electron chi connectivity index (χ1n) is 9.02. The van der Waals surface area contributed by atoms with Gasteiger partial charge in [-0.3, -0.25) is 9.59 Å². The highest BCUT2D eigenvalue weighted by Crippen LogP contribution is 2.30. The number of carbonyl (C=O) groups excluding carboxylic acids is 2. The van der Waals surface area contributed by atoms with Crippen LogP contribution in [-0.4, -0.2) is 23.7 Å². The standard InChI is InChI=1S/C22H24N6O2/c1-13(19(29)27-21(23)24)11-15-7-3-5-9-17(15)18-10-6-4-8-16(18)12-14(2)20(30)28-22(25)26/h3-12H,1-2H3,(H4,23,24,27,29)(H4,25,26,28,30)/b13-11-,14-12+. The summed E-state index contributed by atoms with van der Waals surface area (Å²) >= 11 is 0. The Labute approximate surface area is 174 Å². The molecule has 0 fully saturated rings. The lowest BCUT2D eigenvalue weighted by atomic mass is 9.93. The van der Waals surface area contributed by atoms with Crippen molar-refractivity contribution in [2.45, 2.75) is 13.8 Å². The van der Waals surface area contributed by atoms with Crippen molar-refractivity contribution in [1.82, 2.24) is 0 Å². The summed E-state index contributed by atoms with van der Waals surface area (Å²) in [6, 6.07) is 15.1. The number of aliphatic imine (C=N–C) groups is 2. The molecule has 8 nitrogen and oxygen atoms in total. The molecule has 0 aliphatic carbocycles. The number of guanidine groups is 2. The fourth-order valence-electron chi connectivity index (χ4n) is 2.74. The average molecular weight is 404 g/mol. The van der Waals surface area contributed by atoms with E-state index in [1.165, 1.54) is 0 Å². The zero-order chi connectivity index (χ0) is 22.3. The Kier molecular flexibility index (Phi) is 7.24. The number of nitrogens with zero attached hydrogens (tertiary/aromatic N) is 2. The molecule has 0 radical (unpaired) electrons. The first-order valence-corrected chi connectivity index (χ1v) is 9.02. The van der Waals surface area contributed by atoms with Gasteiger partial charge in [0.2, 0.25) is 0 Å². The predicted molar refractivity (Wildman–Crippen MR) is 121 cm³/mol. The van der Waals surface area contributed by atoms with Gasteiger partial charge in [-0.25, -0.2) is 0 Å². The van der Waals surface area contributed by atoms with Gasteiger partial charge in [0.05, 0.1) is 0 Å². The summed E-state index contributed by atoms with van der Waals surface area (Å²) in [6.45, 7) is 3.27. The molecule has 2 aromatic rings. The zero-order valence-corrected chi connectivity index (χ0v) is 16.8. The number of hydrogen-bond donors (Lipinski definition) is 4. The van der Waals surface area contributed by atoms with E-state index in [2.05, 4.69) is 9.98 Å². The first kappa shape index (κ1) is 22.1. The van der Waals surface area contributed by atoms with Gasteiger partial charge >= 0.3 is 0 Å². The van der Waals surface area contributed by atoms with Gasteiger partial charge in [-0.15, -0.1) is 0 Å². The molecule has 8 N–H and O–H groups in total. The maximum Gasteiger partial charge on any atom is 0.275 e. The number of amides is 2. The quantitative estimate of drug-likeness (QED) is 0.337. The Morgan fingerprint density at radius 3 is 1.33 bits per heavy atom. The third-order valence-corrected chi connectivity index (χ3v) is 4.09. The molecule has 0 aliphatic heterocycles. The van der Waals surface area contributed by atoms with Crippen LogP contribution in [0.5, 0.6) is 0 Å². The maximum absolute atomic E-state index is 12.1. The van der Waals surface area contributed by atoms with E-state index in [0.717, 1.165) is 22.3 Å². The molecule has 2 rings (SSSR count). The molecule has 0 heterocycles. The lowest BCUT2D eigenvalue weighted by Gasteiger charge is -2.11. The van der Waals surface area contributed by atoms with E-state index in [-0.39, 0.29) is 11.9 Å². The predicted octanol–water partition coefficient (Wildman–Crippen LogP) is 1.76. The van der Waals surface area contributed by atoms with Gasteiger partial charge in [0.25, 0.3) is 11.8 Å². The maximum atomic E-state index is 12.1. The van der Waals surface area contributed by atoms with Gasteiger partial charge in [0.1, 0.15) is 0 Å². The van der Waals surface area contributed by atoms with Crippen LogP contribution in [0, 0.1) is 0 Å². The van der Waals surface area contributed by atoms with E-state index in [0.29, 0.717) is 11.1 Å². The molecule has 2 aromatic carbocycles. The highest BCUT2D eigenvalue weighted by molar-refractivity contribution is 6.05. The molecule has 0 saturated heterocycles. The van der Waals surface area contributed by atoms with E-state index in [9.17, 15) is 9.59 Å². The van der Waals surface area contributed by atoms with Gasteiger partial charge in [-0.1, -0.05) is 48.5 Å². The van der Waals surface area contributed by atoms with Crippen LogP contribution in [-0.2, 0) is 9.59 Å². The SMILES string of the molecule is C/C(=C/c1ccccc1-c1ccccc1/C=C(\C)C(=O)N=C(N)N)C(=O)N=C(N)N. The second-order valence-electron chi connectivity index (χ2n) is 6.51. The summed E-state index contributed by atoms with van der Waals surface area (Å²) in [6.07, 6.45) is 3.42. The van der Waals surface area contributed by atoms with Crippen molar-refractivity contribution in [1.29, 1.82) is 0 Å². The van der Waals surface area contributed by atoms with Gasteiger partial charge in [0, 0.05) is 11.1 Å². The number of benzene rings is 2. The highest BCUT2D eigenvalue weighted by atomic mass is 16.2. The fraction of sp³-hybridized carbons (Fsp3) is 0.0909. The molecule has 0 bridgehead atoms. The average Bonchev–Trinajstić information content (AvgIpc) is 2.68. The second-order valence-corrected chi connectivity index (χ2v) is 6.51. The number of carbonyl (C=O) groups is 2. The molecule has 0 aliphatic rings. The van der Waals surface area contributed by atoms with Crippen LogP contribution in [0.4, 0.5) is 0 Å². The summed E-state index contributed by atoms with van der Waals surface area (Å²) in [7, 11) is 0. The third kappa shape index (κ3) is 5.90. The minimum atomic E-state index is -0.517. The summed E-state index contributed by atoms with van der Waals surface area (Å²) < 4.78 is 0. The van der Waals surface area contributed by atoms with Crippen molar-refractivity contribution in [3.05, 3.63) is 70.8 Å². The van der Waals surface area contributed by atoms with Crippen LogP contribution < -0.4 is 22.9 Å². The van der Waals surface area contributed by atoms with Gasteiger partial charge in [-0.2, -0.15) is 9.98 Å². The van der Waals surface area contributed by atoms with Crippen LogP contribution in [0.1, 0.15) is 25.0 Å². The van der Waals surface area contributed by atoms with Crippen molar-refractivity contribution in [3.63, 3.8) is 0 Å². The Balaban J connectivity index is 2.55. The molecule has 0 saturated carbocycles. The van der Waals surface area contributed by atoms with E-state index < -0.39 is 11.8 Å². The lowest BCUT2D eigenvalue weighted by molar-refractivity contribution is -0.115. The van der Waals surface area contributed by atoms with Crippen molar-refractivity contribution >= 4 is 35.9 Å². The van der Waals surface area contributed by atoms with Gasteiger partial charge in [-0.05, 0) is 48.3 Å². The Morgan fingerprint density at radius 1 is 0.667 bits per heavy atom. The largest absolute Gasteiger partial charge is 0.370 e. The van der Waals surface area contributed by atoms with Crippen molar-refractivity contribution in [2.75, 3.05) is 0 Å². The Hall–Kier alpha value is -4.20. The number of nitrogens with two attached hydrogens (primary N) is 4. The van der Waals surface area contributed by atoms with E-state index in [1.807, 2.05) is 48.5 Å². The molecule has 0 spiro atoms. The molecule has 154 valence electrons. The summed E-state index contributed by atoms with van der Waals surface area (Å²) in [4.78, 5) is 31.3. The zero-order valence-electron chi connectivity index (χ0n) is 16.8. The Morgan fingerprint density at radius 2 is 1.00 bits per heavy atom. The minimum absolute atomic E-state index is 0.294. The van der Waals surface area contributed by atoms with E-state index in [1.54, 1.807) is 26.0 Å². The molecular formula is C22H24N6O2. The molecular weight excluding hydrogens is 380 g/mol. The minimum Gasteiger partial charge on any atom is -0.370 e. The van der Waals surface area contributed by atoms with Crippen LogP contribution in [0.15, 0.2) is 69.7 Å². The fourth-order valence-corrected chi connectivity index (χ4v) is 2.74. The molecule has 0 unspecified atom stereocenters. The van der Waals surface area contributed by atoms with Crippen molar-refractivity contribution in [2.24, 2.45) is 32.9 Å². The molecule has 0 aromatic heterocycles. The van der Waals surface area contributed by atoms with Crippen LogP contribution in [0.3, 0.4) is 0 Å². The van der Waals surface area contributed by atoms with E-state index in [4.69, 9.17) is 22.9 Å². The Bertz CT molecular complexity index is 1000. The second kappa shape index (κ2) is 9.83.